The van der Waals surface area contributed by atoms with E-state index in [-0.39, 0.29) is 28.8 Å². The van der Waals surface area contributed by atoms with Gasteiger partial charge < -0.3 is 14.0 Å². The largest absolute Gasteiger partial charge is 0.497 e. The Balaban J connectivity index is 0.00000240. The number of fused-ring (bicyclic) bond motifs is 1. The summed E-state index contributed by atoms with van der Waals surface area (Å²) < 4.78 is 13.1. The van der Waals surface area contributed by atoms with Crippen LogP contribution in [0.4, 0.5) is 4.79 Å². The summed E-state index contributed by atoms with van der Waals surface area (Å²) in [6, 6.07) is 13.3. The topological polar surface area (TPSA) is 82.5 Å². The molecule has 1 atom stereocenters. The lowest BCUT2D eigenvalue weighted by Gasteiger charge is -2.09. The quantitative estimate of drug-likeness (QED) is 0.638. The summed E-state index contributed by atoms with van der Waals surface area (Å²) in [6.45, 7) is 0.336. The van der Waals surface area contributed by atoms with Crippen molar-refractivity contribution in [1.82, 2.24) is 14.9 Å². The number of aromatic nitrogens is 2. The summed E-state index contributed by atoms with van der Waals surface area (Å²) in [4.78, 5) is 27.5. The minimum Gasteiger partial charge on any atom is -0.497 e. The molecule has 0 spiro atoms. The van der Waals surface area contributed by atoms with Gasteiger partial charge in [0.05, 0.1) is 23.4 Å². The summed E-state index contributed by atoms with van der Waals surface area (Å²) in [5, 5.41) is 1.66. The second-order valence-corrected chi connectivity index (χ2v) is 7.64. The Bertz CT molecular complexity index is 1050. The predicted octanol–water partition coefficient (Wildman–Crippen LogP) is 3.48. The number of hydrogen-bond donors (Lipinski definition) is 1. The maximum absolute atomic E-state index is 11.7. The van der Waals surface area contributed by atoms with Gasteiger partial charge in [-0.25, -0.2) is 4.98 Å². The molecule has 152 valence electrons. The lowest BCUT2D eigenvalue weighted by atomic mass is 10.2. The number of nitrogens with one attached hydrogen (secondary N) is 1. The Kier molecular flexibility index (Phi) is 6.34. The normalized spacial score (nSPS) is 15.9. The first-order valence-corrected chi connectivity index (χ1v) is 9.64. The maximum Gasteiger partial charge on any atom is 0.286 e. The summed E-state index contributed by atoms with van der Waals surface area (Å²) >= 11 is 1.04. The number of nitrogens with zero attached hydrogens (tertiary/aromatic N) is 2. The molecule has 2 heterocycles. The van der Waals surface area contributed by atoms with Gasteiger partial charge in [-0.05, 0) is 36.2 Å². The van der Waals surface area contributed by atoms with Crippen LogP contribution in [0.15, 0.2) is 42.5 Å². The molecule has 9 heteroatoms. The van der Waals surface area contributed by atoms with E-state index in [0.717, 1.165) is 39.9 Å². The molecule has 1 saturated heterocycles. The van der Waals surface area contributed by atoms with Crippen LogP contribution in [0.3, 0.4) is 0 Å². The number of benzene rings is 2. The van der Waals surface area contributed by atoms with Crippen LogP contribution in [0.25, 0.3) is 11.0 Å². The molecule has 1 aromatic heterocycles. The third-order valence-electron chi connectivity index (χ3n) is 4.66. The van der Waals surface area contributed by atoms with Gasteiger partial charge >= 0.3 is 0 Å². The number of methoxy groups -OCH3 is 1. The summed E-state index contributed by atoms with van der Waals surface area (Å²) in [5.74, 6) is 2.08. The standard InChI is InChI=1S/C20H19N3O4S.ClH/c1-23-16-10-14(26-2)7-8-15(16)21-18(23)11-27-13-5-3-12(4-6-13)9-17-19(24)22-20(25)28-17;/h3-8,10,17H,9,11H2,1-2H3,(H,22,24,25);1H/i17+2;. The fraction of sp³-hybridized carbons (Fsp3) is 0.250. The van der Waals surface area contributed by atoms with Gasteiger partial charge in [0.25, 0.3) is 5.24 Å². The Morgan fingerprint density at radius 2 is 1.86 bits per heavy atom. The number of aryl methyl sites for hydroxylation is 1. The van der Waals surface area contributed by atoms with Crippen LogP contribution < -0.4 is 14.8 Å². The van der Waals surface area contributed by atoms with E-state index in [2.05, 4.69) is 10.3 Å². The number of imide groups is 1. The van der Waals surface area contributed by atoms with Crippen LogP contribution >= 0.6 is 24.2 Å². The Labute approximate surface area is 178 Å². The number of rotatable bonds is 6. The molecule has 2 aromatic carbocycles. The first-order chi connectivity index (χ1) is 13.5. The summed E-state index contributed by atoms with van der Waals surface area (Å²) in [5.41, 5.74) is 2.85. The van der Waals surface area contributed by atoms with Crippen molar-refractivity contribution < 1.29 is 19.1 Å². The highest BCUT2D eigenvalue weighted by Crippen LogP contribution is 2.25. The molecule has 2 amide bonds. The van der Waals surface area contributed by atoms with Crippen LogP contribution in [0.5, 0.6) is 11.5 Å². The molecular weight excluding hydrogens is 416 g/mol. The number of halogens is 1. The third-order valence-corrected chi connectivity index (χ3v) is 5.64. The van der Waals surface area contributed by atoms with E-state index in [1.165, 1.54) is 0 Å². The van der Waals surface area contributed by atoms with E-state index in [0.29, 0.717) is 18.8 Å². The number of amides is 2. The van der Waals surface area contributed by atoms with Crippen molar-refractivity contribution in [3.63, 3.8) is 0 Å². The second-order valence-electron chi connectivity index (χ2n) is 6.46. The number of carbonyl (C=O) groups excluding carboxylic acids is 2. The molecule has 0 radical (unpaired) electrons. The average Bonchev–Trinajstić information content (AvgIpc) is 3.19. The second kappa shape index (κ2) is 8.75. The third kappa shape index (κ3) is 4.49. The Hall–Kier alpha value is -2.71. The Morgan fingerprint density at radius 1 is 1.14 bits per heavy atom. The molecule has 0 aliphatic carbocycles. The maximum atomic E-state index is 11.7. The number of hydrogen-bond acceptors (Lipinski definition) is 6. The smallest absolute Gasteiger partial charge is 0.286 e. The van der Waals surface area contributed by atoms with Crippen molar-refractivity contribution in [2.75, 3.05) is 7.11 Å². The molecule has 1 fully saturated rings. The fourth-order valence-electron chi connectivity index (χ4n) is 3.09. The highest BCUT2D eigenvalue weighted by molar-refractivity contribution is 8.15. The van der Waals surface area contributed by atoms with Crippen molar-refractivity contribution in [1.29, 1.82) is 0 Å². The van der Waals surface area contributed by atoms with Gasteiger partial charge in [0, 0.05) is 13.1 Å². The molecular formula is C20H20ClN3O4S. The SMILES string of the molecule is COc1ccc2nc(COc3ccc(C[14CH]4SC(=O)NC4=O)cc3)n(C)c2c1.Cl. The minimum atomic E-state index is -0.365. The van der Waals surface area contributed by atoms with Crippen LogP contribution in [0.2, 0.25) is 0 Å². The van der Waals surface area contributed by atoms with Gasteiger partial charge in [0.15, 0.2) is 0 Å². The summed E-state index contributed by atoms with van der Waals surface area (Å²) in [7, 11) is 3.59. The van der Waals surface area contributed by atoms with Gasteiger partial charge in [-0.3, -0.25) is 14.9 Å². The zero-order valence-corrected chi connectivity index (χ0v) is 17.5. The fourth-order valence-corrected chi connectivity index (χ4v) is 3.95. The van der Waals surface area contributed by atoms with Gasteiger partial charge in [0.2, 0.25) is 5.91 Å². The van der Waals surface area contributed by atoms with E-state index in [4.69, 9.17) is 9.47 Å². The molecule has 1 N–H and O–H groups in total. The first-order valence-electron chi connectivity index (χ1n) is 8.76. The van der Waals surface area contributed by atoms with E-state index >= 15 is 0 Å². The molecule has 4 rings (SSSR count). The molecule has 29 heavy (non-hydrogen) atoms. The van der Waals surface area contributed by atoms with E-state index in [1.807, 2.05) is 54.1 Å². The van der Waals surface area contributed by atoms with E-state index in [1.54, 1.807) is 7.11 Å². The van der Waals surface area contributed by atoms with E-state index in [9.17, 15) is 9.59 Å². The van der Waals surface area contributed by atoms with Crippen molar-refractivity contribution >= 4 is 46.3 Å². The lowest BCUT2D eigenvalue weighted by molar-refractivity contribution is -0.118. The van der Waals surface area contributed by atoms with Gasteiger partial charge in [0.1, 0.15) is 23.9 Å². The predicted molar refractivity (Wildman–Crippen MR) is 114 cm³/mol. The summed E-state index contributed by atoms with van der Waals surface area (Å²) in [6.07, 6.45) is 0.509. The molecule has 3 aromatic rings. The van der Waals surface area contributed by atoms with Crippen molar-refractivity contribution in [3.8, 4) is 11.5 Å². The molecule has 1 unspecified atom stereocenters. The van der Waals surface area contributed by atoms with Crippen LogP contribution in [0, 0.1) is 0 Å². The van der Waals surface area contributed by atoms with Gasteiger partial charge in [-0.2, -0.15) is 0 Å². The number of imidazole rings is 1. The van der Waals surface area contributed by atoms with Crippen molar-refractivity contribution in [3.05, 3.63) is 53.9 Å². The first kappa shape index (κ1) is 21.0. The lowest BCUT2D eigenvalue weighted by Crippen LogP contribution is -2.25. The molecule has 0 bridgehead atoms. The van der Waals surface area contributed by atoms with Crippen LogP contribution in [0.1, 0.15) is 11.4 Å². The van der Waals surface area contributed by atoms with Gasteiger partial charge in [-0.15, -0.1) is 12.4 Å². The molecule has 1 aliphatic rings. The van der Waals surface area contributed by atoms with E-state index < -0.39 is 0 Å². The zero-order valence-electron chi connectivity index (χ0n) is 15.9. The van der Waals surface area contributed by atoms with Crippen molar-refractivity contribution in [2.45, 2.75) is 18.3 Å². The highest BCUT2D eigenvalue weighted by Gasteiger charge is 2.31. The monoisotopic (exact) mass is 435 g/mol. The zero-order chi connectivity index (χ0) is 19.7. The Morgan fingerprint density at radius 3 is 2.52 bits per heavy atom. The van der Waals surface area contributed by atoms with Crippen molar-refractivity contribution in [2.24, 2.45) is 7.05 Å². The average molecular weight is 436 g/mol. The number of thioether (sulfide) groups is 1. The van der Waals surface area contributed by atoms with Crippen LogP contribution in [-0.2, 0) is 24.9 Å². The molecule has 0 saturated carbocycles. The molecule has 1 aliphatic heterocycles. The minimum absolute atomic E-state index is 0. The number of ether oxygens (including phenoxy) is 2. The molecule has 7 nitrogen and oxygen atoms in total. The highest BCUT2D eigenvalue weighted by atomic mass is 35.5. The van der Waals surface area contributed by atoms with Crippen LogP contribution in [-0.4, -0.2) is 33.1 Å². The number of carbonyl (C=O) groups is 2. The van der Waals surface area contributed by atoms with Gasteiger partial charge in [-0.1, -0.05) is 23.9 Å².